The SMILES string of the molecule is COc1ccc(CC(=O)N2CCOC(COc3ccccc3OC)C2)cn1. The summed E-state index contributed by atoms with van der Waals surface area (Å²) in [5.74, 6) is 1.92. The number of amides is 1. The Hall–Kier alpha value is -2.80. The standard InChI is InChI=1S/C20H24N2O5/c1-24-17-5-3-4-6-18(17)27-14-16-13-22(9-10-26-16)20(23)11-15-7-8-19(25-2)21-12-15/h3-8,12,16H,9-11,13-14H2,1-2H3. The summed E-state index contributed by atoms with van der Waals surface area (Å²) >= 11 is 0. The van der Waals surface area contributed by atoms with E-state index in [1.165, 1.54) is 0 Å². The zero-order chi connectivity index (χ0) is 19.1. The first-order valence-electron chi connectivity index (χ1n) is 8.83. The van der Waals surface area contributed by atoms with Gasteiger partial charge in [-0.1, -0.05) is 18.2 Å². The molecule has 1 amide bonds. The highest BCUT2D eigenvalue weighted by Gasteiger charge is 2.25. The smallest absolute Gasteiger partial charge is 0.227 e. The Bertz CT molecular complexity index is 750. The molecule has 0 aliphatic carbocycles. The Kier molecular flexibility index (Phi) is 6.49. The highest BCUT2D eigenvalue weighted by atomic mass is 16.5. The van der Waals surface area contributed by atoms with Gasteiger partial charge in [0.1, 0.15) is 12.7 Å². The molecule has 1 fully saturated rings. The van der Waals surface area contributed by atoms with Crippen LogP contribution in [0.25, 0.3) is 0 Å². The van der Waals surface area contributed by atoms with Crippen molar-refractivity contribution in [2.45, 2.75) is 12.5 Å². The first kappa shape index (κ1) is 19.0. The Labute approximate surface area is 158 Å². The number of ether oxygens (including phenoxy) is 4. The molecular formula is C20H24N2O5. The van der Waals surface area contributed by atoms with Crippen LogP contribution in [-0.4, -0.2) is 62.4 Å². The Balaban J connectivity index is 1.52. The molecule has 1 unspecified atom stereocenters. The van der Waals surface area contributed by atoms with E-state index in [-0.39, 0.29) is 12.0 Å². The van der Waals surface area contributed by atoms with Gasteiger partial charge in [-0.2, -0.15) is 0 Å². The van der Waals surface area contributed by atoms with Crippen LogP contribution in [0.1, 0.15) is 5.56 Å². The molecule has 1 aliphatic heterocycles. The van der Waals surface area contributed by atoms with Gasteiger partial charge in [0.25, 0.3) is 0 Å². The summed E-state index contributed by atoms with van der Waals surface area (Å²) in [4.78, 5) is 18.5. The van der Waals surface area contributed by atoms with Crippen molar-refractivity contribution in [1.82, 2.24) is 9.88 Å². The Morgan fingerprint density at radius 3 is 2.70 bits per heavy atom. The maximum atomic E-state index is 12.6. The summed E-state index contributed by atoms with van der Waals surface area (Å²) in [6.07, 6.45) is 1.79. The second-order valence-corrected chi connectivity index (χ2v) is 6.18. The van der Waals surface area contributed by atoms with Crippen molar-refractivity contribution in [1.29, 1.82) is 0 Å². The first-order valence-corrected chi connectivity index (χ1v) is 8.83. The predicted molar refractivity (Wildman–Crippen MR) is 99.3 cm³/mol. The molecule has 0 saturated carbocycles. The highest BCUT2D eigenvalue weighted by molar-refractivity contribution is 5.78. The van der Waals surface area contributed by atoms with Gasteiger partial charge in [-0.15, -0.1) is 0 Å². The fraction of sp³-hybridized carbons (Fsp3) is 0.400. The van der Waals surface area contributed by atoms with E-state index < -0.39 is 0 Å². The summed E-state index contributed by atoms with van der Waals surface area (Å²) in [5.41, 5.74) is 0.856. The minimum Gasteiger partial charge on any atom is -0.493 e. The minimum atomic E-state index is -0.179. The van der Waals surface area contributed by atoms with Crippen LogP contribution in [0.3, 0.4) is 0 Å². The van der Waals surface area contributed by atoms with Crippen LogP contribution in [0.5, 0.6) is 17.4 Å². The largest absolute Gasteiger partial charge is 0.493 e. The van der Waals surface area contributed by atoms with Crippen LogP contribution in [-0.2, 0) is 16.0 Å². The fourth-order valence-corrected chi connectivity index (χ4v) is 2.89. The van der Waals surface area contributed by atoms with Gasteiger partial charge in [0.2, 0.25) is 11.8 Å². The lowest BCUT2D eigenvalue weighted by molar-refractivity contribution is -0.139. The van der Waals surface area contributed by atoms with E-state index in [4.69, 9.17) is 18.9 Å². The lowest BCUT2D eigenvalue weighted by Crippen LogP contribution is -2.48. The second kappa shape index (κ2) is 9.23. The van der Waals surface area contributed by atoms with Crippen LogP contribution in [0, 0.1) is 0 Å². The first-order chi connectivity index (χ1) is 13.2. The summed E-state index contributed by atoms with van der Waals surface area (Å²) in [6.45, 7) is 1.92. The topological polar surface area (TPSA) is 70.1 Å². The molecule has 0 N–H and O–H groups in total. The van der Waals surface area contributed by atoms with E-state index in [1.807, 2.05) is 35.2 Å². The molecule has 0 spiro atoms. The van der Waals surface area contributed by atoms with Crippen molar-refractivity contribution in [3.05, 3.63) is 48.2 Å². The van der Waals surface area contributed by atoms with Gasteiger partial charge in [-0.3, -0.25) is 4.79 Å². The maximum absolute atomic E-state index is 12.6. The van der Waals surface area contributed by atoms with E-state index in [0.29, 0.717) is 50.1 Å². The third-order valence-corrected chi connectivity index (χ3v) is 4.35. The van der Waals surface area contributed by atoms with Crippen LogP contribution in [0.15, 0.2) is 42.6 Å². The van der Waals surface area contributed by atoms with E-state index in [9.17, 15) is 4.79 Å². The number of hydrogen-bond donors (Lipinski definition) is 0. The summed E-state index contributed by atoms with van der Waals surface area (Å²) < 4.78 is 21.9. The number of aromatic nitrogens is 1. The van der Waals surface area contributed by atoms with Gasteiger partial charge < -0.3 is 23.8 Å². The number of carbonyl (C=O) groups is 1. The molecule has 1 atom stereocenters. The quantitative estimate of drug-likeness (QED) is 0.740. The lowest BCUT2D eigenvalue weighted by atomic mass is 10.1. The van der Waals surface area contributed by atoms with Crippen molar-refractivity contribution in [2.75, 3.05) is 40.5 Å². The van der Waals surface area contributed by atoms with Crippen LogP contribution in [0.4, 0.5) is 0 Å². The van der Waals surface area contributed by atoms with Gasteiger partial charge >= 0.3 is 0 Å². The predicted octanol–water partition coefficient (Wildman–Crippen LogP) is 1.95. The minimum absolute atomic E-state index is 0.0487. The van der Waals surface area contributed by atoms with Gasteiger partial charge in [0, 0.05) is 18.8 Å². The summed E-state index contributed by atoms with van der Waals surface area (Å²) in [5, 5.41) is 0. The number of nitrogens with zero attached hydrogens (tertiary/aromatic N) is 2. The molecule has 1 aliphatic rings. The average molecular weight is 372 g/mol. The zero-order valence-electron chi connectivity index (χ0n) is 15.6. The molecule has 0 bridgehead atoms. The number of benzene rings is 1. The monoisotopic (exact) mass is 372 g/mol. The van der Waals surface area contributed by atoms with Crippen LogP contribution in [0.2, 0.25) is 0 Å². The number of rotatable bonds is 7. The highest BCUT2D eigenvalue weighted by Crippen LogP contribution is 2.26. The summed E-state index contributed by atoms with van der Waals surface area (Å²) in [7, 11) is 3.17. The maximum Gasteiger partial charge on any atom is 0.227 e. The van der Waals surface area contributed by atoms with Crippen molar-refractivity contribution in [3.8, 4) is 17.4 Å². The van der Waals surface area contributed by atoms with E-state index in [1.54, 1.807) is 26.5 Å². The zero-order valence-corrected chi connectivity index (χ0v) is 15.6. The molecule has 3 rings (SSSR count). The summed E-state index contributed by atoms with van der Waals surface area (Å²) in [6, 6.07) is 11.1. The van der Waals surface area contributed by atoms with Gasteiger partial charge in [-0.05, 0) is 17.7 Å². The van der Waals surface area contributed by atoms with Gasteiger partial charge in [0.05, 0.1) is 33.8 Å². The Morgan fingerprint density at radius 1 is 1.19 bits per heavy atom. The van der Waals surface area contributed by atoms with Crippen LogP contribution < -0.4 is 14.2 Å². The molecule has 1 aromatic heterocycles. The van der Waals surface area contributed by atoms with Crippen LogP contribution >= 0.6 is 0 Å². The molecule has 7 heteroatoms. The molecule has 144 valence electrons. The van der Waals surface area contributed by atoms with Crippen molar-refractivity contribution in [2.24, 2.45) is 0 Å². The molecule has 2 heterocycles. The lowest BCUT2D eigenvalue weighted by Gasteiger charge is -2.33. The number of carbonyl (C=O) groups excluding carboxylic acids is 1. The number of para-hydroxylation sites is 2. The molecule has 0 radical (unpaired) electrons. The molecule has 1 saturated heterocycles. The van der Waals surface area contributed by atoms with Crippen molar-refractivity contribution < 1.29 is 23.7 Å². The number of morpholine rings is 1. The third kappa shape index (κ3) is 5.10. The fourth-order valence-electron chi connectivity index (χ4n) is 2.89. The number of hydrogen-bond acceptors (Lipinski definition) is 6. The van der Waals surface area contributed by atoms with Gasteiger partial charge in [0.15, 0.2) is 11.5 Å². The molecule has 7 nitrogen and oxygen atoms in total. The third-order valence-electron chi connectivity index (χ3n) is 4.35. The van der Waals surface area contributed by atoms with E-state index >= 15 is 0 Å². The van der Waals surface area contributed by atoms with E-state index in [0.717, 1.165) is 5.56 Å². The molecular weight excluding hydrogens is 348 g/mol. The Morgan fingerprint density at radius 2 is 2.00 bits per heavy atom. The normalized spacial score (nSPS) is 16.7. The van der Waals surface area contributed by atoms with Crippen molar-refractivity contribution in [3.63, 3.8) is 0 Å². The van der Waals surface area contributed by atoms with Crippen molar-refractivity contribution >= 4 is 5.91 Å². The number of methoxy groups -OCH3 is 2. The van der Waals surface area contributed by atoms with E-state index in [2.05, 4.69) is 4.98 Å². The second-order valence-electron chi connectivity index (χ2n) is 6.18. The molecule has 1 aromatic carbocycles. The molecule has 2 aromatic rings. The average Bonchev–Trinajstić information content (AvgIpc) is 2.73. The van der Waals surface area contributed by atoms with Gasteiger partial charge in [-0.25, -0.2) is 4.98 Å². The molecule has 27 heavy (non-hydrogen) atoms. The number of pyridine rings is 1.